The monoisotopic (exact) mass is 719 g/mol. The molecule has 0 bridgehead atoms. The number of anilines is 3. The van der Waals surface area contributed by atoms with Crippen LogP contribution >= 0.6 is 11.3 Å². The van der Waals surface area contributed by atoms with Gasteiger partial charge in [-0.3, -0.25) is 0 Å². The number of furan rings is 1. The lowest BCUT2D eigenvalue weighted by Gasteiger charge is -2.28. The molecule has 2 nitrogen and oxygen atoms in total. The van der Waals surface area contributed by atoms with E-state index in [4.69, 9.17) is 4.42 Å². The molecule has 11 aromatic rings. The molecule has 0 aliphatic heterocycles. The summed E-state index contributed by atoms with van der Waals surface area (Å²) in [5, 5.41) is 7.20. The van der Waals surface area contributed by atoms with Crippen molar-refractivity contribution < 1.29 is 4.42 Å². The Morgan fingerprint density at radius 3 is 1.84 bits per heavy atom. The normalized spacial score (nSPS) is 11.6. The van der Waals surface area contributed by atoms with E-state index in [1.807, 2.05) is 11.3 Å². The van der Waals surface area contributed by atoms with Gasteiger partial charge in [-0.15, -0.1) is 11.3 Å². The van der Waals surface area contributed by atoms with E-state index in [1.54, 1.807) is 0 Å². The third-order valence-corrected chi connectivity index (χ3v) is 12.1. The van der Waals surface area contributed by atoms with Crippen LogP contribution in [-0.2, 0) is 0 Å². The Bertz CT molecular complexity index is 3210. The van der Waals surface area contributed by atoms with Gasteiger partial charge in [0.25, 0.3) is 0 Å². The van der Waals surface area contributed by atoms with Crippen molar-refractivity contribution in [3.63, 3.8) is 0 Å². The molecular weight excluding hydrogens is 687 g/mol. The van der Waals surface area contributed by atoms with E-state index in [0.717, 1.165) is 50.1 Å². The number of hydrogen-bond acceptors (Lipinski definition) is 3. The highest BCUT2D eigenvalue weighted by Crippen LogP contribution is 2.48. The van der Waals surface area contributed by atoms with Gasteiger partial charge in [0.15, 0.2) is 0 Å². The molecule has 0 unspecified atom stereocenters. The van der Waals surface area contributed by atoms with E-state index >= 15 is 0 Å². The first kappa shape index (κ1) is 31.6. The molecule has 0 N–H and O–H groups in total. The highest BCUT2D eigenvalue weighted by Gasteiger charge is 2.22. The molecule has 0 saturated heterocycles. The summed E-state index contributed by atoms with van der Waals surface area (Å²) in [6, 6.07) is 72.3. The summed E-state index contributed by atoms with van der Waals surface area (Å²) in [4.78, 5) is 2.45. The van der Waals surface area contributed by atoms with Gasteiger partial charge in [-0.25, -0.2) is 0 Å². The minimum absolute atomic E-state index is 0.894. The zero-order chi connectivity index (χ0) is 36.3. The molecule has 55 heavy (non-hydrogen) atoms. The Balaban J connectivity index is 1.09. The first-order valence-corrected chi connectivity index (χ1v) is 19.5. The predicted octanol–water partition coefficient (Wildman–Crippen LogP) is 15.6. The van der Waals surface area contributed by atoms with Gasteiger partial charge in [0, 0.05) is 37.5 Å². The van der Waals surface area contributed by atoms with Crippen LogP contribution in [0.5, 0.6) is 0 Å². The number of fused-ring (bicyclic) bond motifs is 7. The van der Waals surface area contributed by atoms with Gasteiger partial charge in [-0.05, 0) is 99.3 Å². The van der Waals surface area contributed by atoms with Crippen LogP contribution in [0.15, 0.2) is 205 Å². The second-order valence-electron chi connectivity index (χ2n) is 14.1. The SMILES string of the molecule is c1ccc(-c2cccc(-c3ccc(N(c4ccccc4-c4ccc5oc6cc7ccccc7cc6c5c4)c4cccc5c4sc4ccccc45)cc3)c2)cc1. The summed E-state index contributed by atoms with van der Waals surface area (Å²) in [7, 11) is 0. The Kier molecular flexibility index (Phi) is 7.39. The molecular formula is C52H33NOS. The lowest BCUT2D eigenvalue weighted by molar-refractivity contribution is 0.669. The summed E-state index contributed by atoms with van der Waals surface area (Å²) in [6.45, 7) is 0. The Hall–Kier alpha value is -6.94. The lowest BCUT2D eigenvalue weighted by atomic mass is 9.98. The number of rotatable bonds is 6. The molecule has 3 heteroatoms. The molecule has 0 amide bonds. The standard InChI is InChI=1S/C52H33NOS/c1-2-12-34(13-3-1)36-16-10-17-37(30-36)35-24-27-41(28-25-35)53(48-22-11-20-44-43-19-7-9-23-51(43)55-52(44)48)47-21-8-6-18-42(47)40-26-29-49-45(32-40)46-31-38-14-4-5-15-39(38)33-50(46)54-49/h1-33H. The van der Waals surface area contributed by atoms with Crippen LogP contribution < -0.4 is 4.90 Å². The lowest BCUT2D eigenvalue weighted by Crippen LogP contribution is -2.11. The minimum atomic E-state index is 0.894. The third kappa shape index (κ3) is 5.40. The van der Waals surface area contributed by atoms with E-state index in [9.17, 15) is 0 Å². The van der Waals surface area contributed by atoms with Crippen molar-refractivity contribution in [1.29, 1.82) is 0 Å². The van der Waals surface area contributed by atoms with Gasteiger partial charge in [-0.2, -0.15) is 0 Å². The fourth-order valence-corrected chi connectivity index (χ4v) is 9.38. The van der Waals surface area contributed by atoms with Crippen molar-refractivity contribution in [2.24, 2.45) is 0 Å². The van der Waals surface area contributed by atoms with Crippen LogP contribution in [0.25, 0.3) is 86.3 Å². The van der Waals surface area contributed by atoms with Crippen molar-refractivity contribution >= 4 is 81.3 Å². The molecule has 0 radical (unpaired) electrons. The molecule has 0 saturated carbocycles. The van der Waals surface area contributed by atoms with Crippen LogP contribution in [-0.4, -0.2) is 0 Å². The van der Waals surface area contributed by atoms with E-state index in [0.29, 0.717) is 0 Å². The third-order valence-electron chi connectivity index (χ3n) is 10.8. The first-order chi connectivity index (χ1) is 27.2. The highest BCUT2D eigenvalue weighted by molar-refractivity contribution is 7.26. The van der Waals surface area contributed by atoms with Crippen LogP contribution in [0.2, 0.25) is 0 Å². The smallest absolute Gasteiger partial charge is 0.136 e. The molecule has 9 aromatic carbocycles. The van der Waals surface area contributed by atoms with Crippen molar-refractivity contribution in [1.82, 2.24) is 0 Å². The van der Waals surface area contributed by atoms with E-state index < -0.39 is 0 Å². The van der Waals surface area contributed by atoms with Crippen LogP contribution in [0.3, 0.4) is 0 Å². The summed E-state index contributed by atoms with van der Waals surface area (Å²) < 4.78 is 8.97. The molecule has 2 aromatic heterocycles. The van der Waals surface area contributed by atoms with E-state index in [2.05, 4.69) is 205 Å². The predicted molar refractivity (Wildman–Crippen MR) is 235 cm³/mol. The van der Waals surface area contributed by atoms with Gasteiger partial charge in [0.1, 0.15) is 11.2 Å². The van der Waals surface area contributed by atoms with Gasteiger partial charge in [0.05, 0.1) is 16.1 Å². The molecule has 258 valence electrons. The molecule has 0 aliphatic rings. The topological polar surface area (TPSA) is 16.4 Å². The number of hydrogen-bond donors (Lipinski definition) is 0. The fraction of sp³-hybridized carbons (Fsp3) is 0. The van der Waals surface area contributed by atoms with Crippen molar-refractivity contribution in [3.8, 4) is 33.4 Å². The number of nitrogens with zero attached hydrogens (tertiary/aromatic N) is 1. The maximum atomic E-state index is 6.42. The van der Waals surface area contributed by atoms with Gasteiger partial charge < -0.3 is 9.32 Å². The summed E-state index contributed by atoms with van der Waals surface area (Å²) in [5.41, 5.74) is 12.3. The average Bonchev–Trinajstić information content (AvgIpc) is 3.82. The zero-order valence-corrected chi connectivity index (χ0v) is 30.6. The minimum Gasteiger partial charge on any atom is -0.456 e. The van der Waals surface area contributed by atoms with Crippen molar-refractivity contribution in [2.45, 2.75) is 0 Å². The van der Waals surface area contributed by atoms with Gasteiger partial charge >= 0.3 is 0 Å². The Morgan fingerprint density at radius 2 is 0.982 bits per heavy atom. The molecule has 0 aliphatic carbocycles. The van der Waals surface area contributed by atoms with Crippen LogP contribution in [0.4, 0.5) is 17.1 Å². The Labute approximate surface area is 322 Å². The first-order valence-electron chi connectivity index (χ1n) is 18.7. The average molecular weight is 720 g/mol. The van der Waals surface area contributed by atoms with Crippen LogP contribution in [0.1, 0.15) is 0 Å². The Morgan fingerprint density at radius 1 is 0.364 bits per heavy atom. The van der Waals surface area contributed by atoms with Crippen molar-refractivity contribution in [2.75, 3.05) is 4.90 Å². The number of thiophene rings is 1. The number of para-hydroxylation sites is 1. The second kappa shape index (κ2) is 12.9. The molecule has 0 spiro atoms. The zero-order valence-electron chi connectivity index (χ0n) is 29.8. The summed E-state index contributed by atoms with van der Waals surface area (Å²) >= 11 is 1.86. The fourth-order valence-electron chi connectivity index (χ4n) is 8.17. The molecule has 11 rings (SSSR count). The maximum Gasteiger partial charge on any atom is 0.136 e. The molecule has 0 fully saturated rings. The summed E-state index contributed by atoms with van der Waals surface area (Å²) in [6.07, 6.45) is 0. The largest absolute Gasteiger partial charge is 0.456 e. The van der Waals surface area contributed by atoms with Crippen LogP contribution in [0, 0.1) is 0 Å². The molecule has 2 heterocycles. The van der Waals surface area contributed by atoms with Gasteiger partial charge in [0.2, 0.25) is 0 Å². The maximum absolute atomic E-state index is 6.42. The second-order valence-corrected chi connectivity index (χ2v) is 15.2. The van der Waals surface area contributed by atoms with E-state index in [1.165, 1.54) is 53.2 Å². The molecule has 0 atom stereocenters. The quantitative estimate of drug-likeness (QED) is 0.170. The van der Waals surface area contributed by atoms with Gasteiger partial charge in [-0.1, -0.05) is 140 Å². The van der Waals surface area contributed by atoms with Crippen molar-refractivity contribution in [3.05, 3.63) is 200 Å². The summed E-state index contributed by atoms with van der Waals surface area (Å²) in [5.74, 6) is 0. The van der Waals surface area contributed by atoms with E-state index in [-0.39, 0.29) is 0 Å². The highest BCUT2D eigenvalue weighted by atomic mass is 32.1. The number of benzene rings is 9.